The Labute approximate surface area is 135 Å². The van der Waals surface area contributed by atoms with E-state index in [0.717, 1.165) is 0 Å². The molecule has 0 unspecified atom stereocenters. The fourth-order valence-corrected chi connectivity index (χ4v) is 2.52. The van der Waals surface area contributed by atoms with Crippen molar-refractivity contribution in [2.75, 3.05) is 13.2 Å². The minimum absolute atomic E-state index is 0.277. The summed E-state index contributed by atoms with van der Waals surface area (Å²) in [5.74, 6) is -0.0406. The van der Waals surface area contributed by atoms with Crippen LogP contribution in [0.25, 0.3) is 22.2 Å². The number of hydrogen-bond acceptors (Lipinski definition) is 4. The van der Waals surface area contributed by atoms with Gasteiger partial charge in [0.05, 0.1) is 5.39 Å². The van der Waals surface area contributed by atoms with Gasteiger partial charge in [0, 0.05) is 17.1 Å². The van der Waals surface area contributed by atoms with Crippen LogP contribution in [0.5, 0.6) is 5.75 Å². The molecular formula is C15H11Cl2FN2O2. The second kappa shape index (κ2) is 6.12. The van der Waals surface area contributed by atoms with Crippen molar-refractivity contribution in [3.05, 3.63) is 46.2 Å². The summed E-state index contributed by atoms with van der Waals surface area (Å²) in [6.07, 6.45) is 0. The Morgan fingerprint density at radius 1 is 1.23 bits per heavy atom. The van der Waals surface area contributed by atoms with E-state index in [9.17, 15) is 4.39 Å². The Balaban J connectivity index is 2.11. The van der Waals surface area contributed by atoms with Crippen molar-refractivity contribution in [2.45, 2.75) is 0 Å². The van der Waals surface area contributed by atoms with Gasteiger partial charge in [-0.3, -0.25) is 0 Å². The molecule has 4 nitrogen and oxygen atoms in total. The number of nitrogens with two attached hydrogens (primary N) is 1. The fourth-order valence-electron chi connectivity index (χ4n) is 2.11. The maximum Gasteiger partial charge on any atom is 0.189 e. The summed E-state index contributed by atoms with van der Waals surface area (Å²) in [6.45, 7) is 0.698. The van der Waals surface area contributed by atoms with Crippen molar-refractivity contribution in [3.8, 4) is 17.0 Å². The molecule has 0 aliphatic rings. The topological polar surface area (TPSA) is 61.3 Å². The van der Waals surface area contributed by atoms with Gasteiger partial charge in [-0.25, -0.2) is 4.39 Å². The lowest BCUT2D eigenvalue weighted by molar-refractivity contribution is 0.328. The van der Waals surface area contributed by atoms with Gasteiger partial charge in [0.25, 0.3) is 0 Å². The van der Waals surface area contributed by atoms with Gasteiger partial charge in [0.15, 0.2) is 5.58 Å². The third kappa shape index (κ3) is 2.63. The number of rotatable bonds is 4. The van der Waals surface area contributed by atoms with Gasteiger partial charge >= 0.3 is 0 Å². The van der Waals surface area contributed by atoms with Crippen molar-refractivity contribution in [2.24, 2.45) is 5.73 Å². The Kier molecular flexibility index (Phi) is 4.20. The number of ether oxygens (including phenoxy) is 1. The Morgan fingerprint density at radius 3 is 2.77 bits per heavy atom. The first kappa shape index (κ1) is 15.1. The van der Waals surface area contributed by atoms with Crippen LogP contribution < -0.4 is 10.5 Å². The van der Waals surface area contributed by atoms with Crippen LogP contribution >= 0.6 is 23.2 Å². The smallest absolute Gasteiger partial charge is 0.189 e. The lowest BCUT2D eigenvalue weighted by atomic mass is 10.1. The molecule has 2 N–H and O–H groups in total. The van der Waals surface area contributed by atoms with Crippen LogP contribution in [0.4, 0.5) is 4.39 Å². The zero-order valence-corrected chi connectivity index (χ0v) is 12.8. The summed E-state index contributed by atoms with van der Waals surface area (Å²) in [6, 6.07) is 7.74. The van der Waals surface area contributed by atoms with Gasteiger partial charge in [-0.2, -0.15) is 0 Å². The molecule has 1 heterocycles. The van der Waals surface area contributed by atoms with Crippen molar-refractivity contribution in [1.29, 1.82) is 0 Å². The number of hydrogen-bond donors (Lipinski definition) is 1. The molecule has 0 saturated carbocycles. The van der Waals surface area contributed by atoms with Gasteiger partial charge in [0.1, 0.15) is 28.9 Å². The zero-order chi connectivity index (χ0) is 15.7. The van der Waals surface area contributed by atoms with E-state index >= 15 is 0 Å². The molecule has 0 radical (unpaired) electrons. The average Bonchev–Trinajstić information content (AvgIpc) is 2.91. The zero-order valence-electron chi connectivity index (χ0n) is 11.3. The molecule has 3 aromatic rings. The highest BCUT2D eigenvalue weighted by Crippen LogP contribution is 2.38. The summed E-state index contributed by atoms with van der Waals surface area (Å²) in [4.78, 5) is 0. The SMILES string of the molecule is NCCOc1ccc2c(-c3ccc(Cl)cc3F)noc2c1Cl. The molecule has 22 heavy (non-hydrogen) atoms. The minimum Gasteiger partial charge on any atom is -0.491 e. The summed E-state index contributed by atoms with van der Waals surface area (Å²) in [5, 5.41) is 5.09. The molecule has 0 amide bonds. The second-order valence-corrected chi connectivity index (χ2v) is 5.36. The largest absolute Gasteiger partial charge is 0.491 e. The minimum atomic E-state index is -0.484. The fraction of sp³-hybridized carbons (Fsp3) is 0.133. The van der Waals surface area contributed by atoms with Crippen LogP contribution in [0.1, 0.15) is 0 Å². The highest BCUT2D eigenvalue weighted by Gasteiger charge is 2.18. The number of nitrogens with zero attached hydrogens (tertiary/aromatic N) is 1. The van der Waals surface area contributed by atoms with Crippen LogP contribution in [0.2, 0.25) is 10.0 Å². The molecule has 7 heteroatoms. The first-order valence-electron chi connectivity index (χ1n) is 6.48. The van der Waals surface area contributed by atoms with Crippen molar-refractivity contribution >= 4 is 34.2 Å². The predicted octanol–water partition coefficient (Wildman–Crippen LogP) is 4.28. The molecule has 0 saturated heterocycles. The number of fused-ring (bicyclic) bond motifs is 1. The van der Waals surface area contributed by atoms with E-state index in [1.54, 1.807) is 24.3 Å². The maximum atomic E-state index is 14.1. The van der Waals surface area contributed by atoms with Crippen LogP contribution in [0, 0.1) is 5.82 Å². The third-order valence-electron chi connectivity index (χ3n) is 3.11. The van der Waals surface area contributed by atoms with E-state index < -0.39 is 5.82 Å². The Bertz CT molecular complexity index is 836. The van der Waals surface area contributed by atoms with E-state index in [0.29, 0.717) is 40.6 Å². The lowest BCUT2D eigenvalue weighted by Crippen LogP contribution is -2.10. The van der Waals surface area contributed by atoms with Crippen molar-refractivity contribution < 1.29 is 13.7 Å². The molecule has 1 aromatic heterocycles. The van der Waals surface area contributed by atoms with Gasteiger partial charge in [-0.1, -0.05) is 28.4 Å². The standard InChI is InChI=1S/C15H11Cl2FN2O2/c16-8-1-2-9(11(18)7-8)14-10-3-4-12(21-6-5-19)13(17)15(10)22-20-14/h1-4,7H,5-6,19H2. The predicted molar refractivity (Wildman–Crippen MR) is 84.0 cm³/mol. The molecule has 0 spiro atoms. The summed E-state index contributed by atoms with van der Waals surface area (Å²) < 4.78 is 24.7. The highest BCUT2D eigenvalue weighted by atomic mass is 35.5. The van der Waals surface area contributed by atoms with Crippen LogP contribution in [-0.4, -0.2) is 18.3 Å². The summed E-state index contributed by atoms with van der Waals surface area (Å²) >= 11 is 12.0. The van der Waals surface area contributed by atoms with Crippen molar-refractivity contribution in [3.63, 3.8) is 0 Å². The van der Waals surface area contributed by atoms with E-state index in [-0.39, 0.29) is 10.6 Å². The van der Waals surface area contributed by atoms with E-state index in [2.05, 4.69) is 5.16 Å². The number of halogens is 3. The Hall–Kier alpha value is -1.82. The van der Waals surface area contributed by atoms with Crippen LogP contribution in [0.3, 0.4) is 0 Å². The third-order valence-corrected chi connectivity index (χ3v) is 3.70. The molecule has 0 aliphatic carbocycles. The van der Waals surface area contributed by atoms with Crippen LogP contribution in [-0.2, 0) is 0 Å². The number of aromatic nitrogens is 1. The molecule has 114 valence electrons. The van der Waals surface area contributed by atoms with Gasteiger partial charge in [0.2, 0.25) is 0 Å². The molecule has 0 fully saturated rings. The van der Waals surface area contributed by atoms with E-state index in [1.165, 1.54) is 6.07 Å². The quantitative estimate of drug-likeness (QED) is 0.769. The normalized spacial score (nSPS) is 11.1. The van der Waals surface area contributed by atoms with E-state index in [1.807, 2.05) is 0 Å². The monoisotopic (exact) mass is 340 g/mol. The first-order chi connectivity index (χ1) is 10.6. The van der Waals surface area contributed by atoms with Gasteiger partial charge in [-0.15, -0.1) is 0 Å². The summed E-state index contributed by atoms with van der Waals surface area (Å²) in [5.41, 5.74) is 6.37. The molecule has 0 bridgehead atoms. The van der Waals surface area contributed by atoms with Crippen molar-refractivity contribution in [1.82, 2.24) is 5.16 Å². The molecule has 2 aromatic carbocycles. The lowest BCUT2D eigenvalue weighted by Gasteiger charge is -2.06. The van der Waals surface area contributed by atoms with Gasteiger partial charge < -0.3 is 15.0 Å². The van der Waals surface area contributed by atoms with Crippen LogP contribution in [0.15, 0.2) is 34.9 Å². The molecular weight excluding hydrogens is 330 g/mol. The Morgan fingerprint density at radius 2 is 2.05 bits per heavy atom. The number of benzene rings is 2. The first-order valence-corrected chi connectivity index (χ1v) is 7.23. The average molecular weight is 341 g/mol. The second-order valence-electron chi connectivity index (χ2n) is 4.55. The van der Waals surface area contributed by atoms with Gasteiger partial charge in [-0.05, 0) is 30.3 Å². The highest BCUT2D eigenvalue weighted by molar-refractivity contribution is 6.36. The molecule has 0 aliphatic heterocycles. The molecule has 3 rings (SSSR count). The summed E-state index contributed by atoms with van der Waals surface area (Å²) in [7, 11) is 0. The van der Waals surface area contributed by atoms with E-state index in [4.69, 9.17) is 38.2 Å². The maximum absolute atomic E-state index is 14.1. The molecule has 0 atom stereocenters.